The summed E-state index contributed by atoms with van der Waals surface area (Å²) < 4.78 is 22.2. The summed E-state index contributed by atoms with van der Waals surface area (Å²) in [5.74, 6) is -0.440. The van der Waals surface area contributed by atoms with Gasteiger partial charge in [0.1, 0.15) is 16.9 Å². The molecule has 1 aromatic heterocycles. The zero-order chi connectivity index (χ0) is 15.1. The molecule has 0 atom stereocenters. The Morgan fingerprint density at radius 1 is 1.14 bits per heavy atom. The maximum atomic E-state index is 13.7. The van der Waals surface area contributed by atoms with Gasteiger partial charge in [-0.3, -0.25) is 0 Å². The Labute approximate surface area is 141 Å². The number of hydrogen-bond donors (Lipinski definition) is 2. The lowest BCUT2D eigenvalue weighted by Crippen LogP contribution is -1.99. The van der Waals surface area contributed by atoms with Crippen molar-refractivity contribution in [2.45, 2.75) is 0 Å². The average molecular weight is 408 g/mol. The number of halogens is 4. The van der Waals surface area contributed by atoms with Gasteiger partial charge in [-0.25, -0.2) is 4.39 Å². The Bertz CT molecular complexity index is 855. The van der Waals surface area contributed by atoms with Crippen molar-refractivity contribution in [3.63, 3.8) is 0 Å². The van der Waals surface area contributed by atoms with Crippen LogP contribution in [0.15, 0.2) is 22.7 Å². The third kappa shape index (κ3) is 2.66. The molecule has 2 aromatic carbocycles. The Morgan fingerprint density at radius 2 is 1.86 bits per heavy atom. The zero-order valence-electron chi connectivity index (χ0n) is 10.1. The van der Waals surface area contributed by atoms with Gasteiger partial charge in [0.2, 0.25) is 0 Å². The molecule has 3 rings (SSSR count). The van der Waals surface area contributed by atoms with E-state index in [1.54, 1.807) is 6.07 Å². The number of rotatable bonds is 2. The first-order valence-corrected chi connectivity index (χ1v) is 7.87. The van der Waals surface area contributed by atoms with Crippen LogP contribution in [0, 0.1) is 5.82 Å². The van der Waals surface area contributed by atoms with E-state index in [2.05, 4.69) is 30.0 Å². The first kappa shape index (κ1) is 14.8. The Kier molecular flexibility index (Phi) is 3.92. The molecule has 0 unspecified atom stereocenters. The highest BCUT2D eigenvalue weighted by Gasteiger charge is 2.16. The van der Waals surface area contributed by atoms with Gasteiger partial charge in [-0.1, -0.05) is 23.2 Å². The molecule has 0 saturated heterocycles. The second-order valence-electron chi connectivity index (χ2n) is 4.16. The van der Waals surface area contributed by atoms with Gasteiger partial charge in [0.05, 0.1) is 43.3 Å². The number of hydrogen-bond acceptors (Lipinski definition) is 5. The highest BCUT2D eigenvalue weighted by molar-refractivity contribution is 9.10. The van der Waals surface area contributed by atoms with Crippen LogP contribution in [-0.2, 0) is 0 Å². The van der Waals surface area contributed by atoms with Gasteiger partial charge in [0, 0.05) is 6.07 Å². The van der Waals surface area contributed by atoms with Crippen LogP contribution in [-0.4, -0.2) is 8.75 Å². The van der Waals surface area contributed by atoms with Crippen molar-refractivity contribution in [1.29, 1.82) is 0 Å². The van der Waals surface area contributed by atoms with Crippen molar-refractivity contribution >= 4 is 79.0 Å². The number of nitrogens with one attached hydrogen (secondary N) is 1. The Balaban J connectivity index is 2.14. The van der Waals surface area contributed by atoms with Crippen LogP contribution < -0.4 is 11.1 Å². The minimum Gasteiger partial charge on any atom is -0.397 e. The molecule has 0 bridgehead atoms. The fourth-order valence-corrected chi connectivity index (χ4v) is 3.32. The van der Waals surface area contributed by atoms with E-state index in [9.17, 15) is 4.39 Å². The summed E-state index contributed by atoms with van der Waals surface area (Å²) in [6.07, 6.45) is 0. The van der Waals surface area contributed by atoms with E-state index in [0.717, 1.165) is 11.7 Å². The van der Waals surface area contributed by atoms with Crippen LogP contribution in [0.4, 0.5) is 21.5 Å². The van der Waals surface area contributed by atoms with E-state index in [4.69, 9.17) is 28.9 Å². The second-order valence-corrected chi connectivity index (χ2v) is 6.35. The van der Waals surface area contributed by atoms with Crippen LogP contribution in [0.1, 0.15) is 0 Å². The van der Waals surface area contributed by atoms with E-state index >= 15 is 0 Å². The van der Waals surface area contributed by atoms with Crippen molar-refractivity contribution in [3.8, 4) is 0 Å². The van der Waals surface area contributed by atoms with Crippen LogP contribution >= 0.6 is 50.9 Å². The Morgan fingerprint density at radius 3 is 2.62 bits per heavy atom. The van der Waals surface area contributed by atoms with Crippen molar-refractivity contribution < 1.29 is 4.39 Å². The number of nitrogen functional groups attached to an aromatic ring is 1. The molecule has 0 saturated carbocycles. The average Bonchev–Trinajstić information content (AvgIpc) is 2.90. The van der Waals surface area contributed by atoms with Gasteiger partial charge in [-0.15, -0.1) is 0 Å². The third-order valence-electron chi connectivity index (χ3n) is 2.80. The molecule has 0 aliphatic carbocycles. The van der Waals surface area contributed by atoms with Crippen molar-refractivity contribution in [1.82, 2.24) is 8.75 Å². The first-order valence-electron chi connectivity index (χ1n) is 5.59. The molecule has 0 radical (unpaired) electrons. The van der Waals surface area contributed by atoms with E-state index in [0.29, 0.717) is 38.1 Å². The summed E-state index contributed by atoms with van der Waals surface area (Å²) >= 11 is 16.3. The van der Waals surface area contributed by atoms with Crippen LogP contribution in [0.25, 0.3) is 11.0 Å². The maximum Gasteiger partial charge on any atom is 0.139 e. The maximum absolute atomic E-state index is 13.7. The van der Waals surface area contributed by atoms with Gasteiger partial charge in [0.25, 0.3) is 0 Å². The predicted octanol–water partition coefficient (Wildman–Crippen LogP) is 5.23. The number of nitrogens with zero attached hydrogens (tertiary/aromatic N) is 2. The summed E-state index contributed by atoms with van der Waals surface area (Å²) in [5.41, 5.74) is 8.16. The molecule has 21 heavy (non-hydrogen) atoms. The lowest BCUT2D eigenvalue weighted by atomic mass is 10.2. The lowest BCUT2D eigenvalue weighted by Gasteiger charge is -2.12. The smallest absolute Gasteiger partial charge is 0.139 e. The van der Waals surface area contributed by atoms with Gasteiger partial charge >= 0.3 is 0 Å². The zero-order valence-corrected chi connectivity index (χ0v) is 14.0. The van der Waals surface area contributed by atoms with Crippen molar-refractivity contribution in [2.24, 2.45) is 0 Å². The number of benzene rings is 2. The normalized spacial score (nSPS) is 11.0. The molecular weight excluding hydrogens is 402 g/mol. The number of fused-ring (bicyclic) bond motifs is 1. The minimum absolute atomic E-state index is 0.285. The van der Waals surface area contributed by atoms with E-state index in [1.165, 1.54) is 12.1 Å². The molecule has 9 heteroatoms. The third-order valence-corrected chi connectivity index (χ3v) is 4.52. The number of aromatic nitrogens is 2. The fraction of sp³-hybridized carbons (Fsp3) is 0. The molecule has 0 spiro atoms. The van der Waals surface area contributed by atoms with Crippen molar-refractivity contribution in [3.05, 3.63) is 38.5 Å². The summed E-state index contributed by atoms with van der Waals surface area (Å²) in [6.45, 7) is 0. The van der Waals surface area contributed by atoms with Crippen LogP contribution in [0.5, 0.6) is 0 Å². The predicted molar refractivity (Wildman–Crippen MR) is 89.2 cm³/mol. The molecule has 0 aliphatic heterocycles. The van der Waals surface area contributed by atoms with Crippen molar-refractivity contribution in [2.75, 3.05) is 11.1 Å². The molecule has 0 aliphatic rings. The van der Waals surface area contributed by atoms with Gasteiger partial charge in [0.15, 0.2) is 0 Å². The number of nitrogens with two attached hydrogens (primary N) is 1. The molecular formula is C12H6BrCl2FN4S. The summed E-state index contributed by atoms with van der Waals surface area (Å²) in [4.78, 5) is 0. The summed E-state index contributed by atoms with van der Waals surface area (Å²) in [5, 5.41) is 3.75. The van der Waals surface area contributed by atoms with Crippen LogP contribution in [0.3, 0.4) is 0 Å². The molecule has 1 heterocycles. The fourth-order valence-electron chi connectivity index (χ4n) is 1.80. The highest BCUT2D eigenvalue weighted by atomic mass is 79.9. The molecule has 108 valence electrons. The van der Waals surface area contributed by atoms with E-state index in [-0.39, 0.29) is 4.47 Å². The quantitative estimate of drug-likeness (QED) is 0.571. The summed E-state index contributed by atoms with van der Waals surface area (Å²) in [7, 11) is 0. The second kappa shape index (κ2) is 5.57. The molecule has 0 fully saturated rings. The number of anilines is 3. The topological polar surface area (TPSA) is 63.8 Å². The summed E-state index contributed by atoms with van der Waals surface area (Å²) in [6, 6.07) is 4.30. The Hall–Kier alpha value is -1.15. The lowest BCUT2D eigenvalue weighted by molar-refractivity contribution is 0.622. The standard InChI is InChI=1S/C12H6BrCl2FN4S/c13-4-1-8(17)9(3-7(4)16)18-10-5(14)2-6(15)11-12(10)20-21-19-11/h1-3,18H,17H2. The van der Waals surface area contributed by atoms with Crippen LogP contribution in [0.2, 0.25) is 10.0 Å². The van der Waals surface area contributed by atoms with Gasteiger partial charge in [-0.05, 0) is 28.1 Å². The molecule has 3 aromatic rings. The minimum atomic E-state index is -0.440. The first-order chi connectivity index (χ1) is 9.97. The van der Waals surface area contributed by atoms with E-state index < -0.39 is 5.82 Å². The molecule has 4 nitrogen and oxygen atoms in total. The van der Waals surface area contributed by atoms with Gasteiger partial charge in [-0.2, -0.15) is 8.75 Å². The van der Waals surface area contributed by atoms with Gasteiger partial charge < -0.3 is 11.1 Å². The SMILES string of the molecule is Nc1cc(Br)c(F)cc1Nc1c(Cl)cc(Cl)c2nsnc12. The molecule has 0 amide bonds. The highest BCUT2D eigenvalue weighted by Crippen LogP contribution is 2.38. The van der Waals surface area contributed by atoms with E-state index in [1.807, 2.05) is 0 Å². The molecule has 3 N–H and O–H groups in total. The monoisotopic (exact) mass is 406 g/mol. The largest absolute Gasteiger partial charge is 0.397 e.